The average molecular weight is 247 g/mol. The molecule has 1 aromatic rings. The van der Waals surface area contributed by atoms with Crippen molar-refractivity contribution in [2.45, 2.75) is 45.6 Å². The van der Waals surface area contributed by atoms with Crippen molar-refractivity contribution in [3.05, 3.63) is 28.8 Å². The minimum Gasteiger partial charge on any atom is -0.496 e. The molecule has 1 heterocycles. The Labute approximate surface area is 111 Å². The molecule has 0 fully saturated rings. The van der Waals surface area contributed by atoms with Crippen LogP contribution in [0.3, 0.4) is 0 Å². The van der Waals surface area contributed by atoms with E-state index in [1.165, 1.54) is 16.7 Å². The van der Waals surface area contributed by atoms with Gasteiger partial charge in [0, 0.05) is 12.1 Å². The average Bonchev–Trinajstić information content (AvgIpc) is 2.32. The van der Waals surface area contributed by atoms with E-state index in [1.54, 1.807) is 7.11 Å². The van der Waals surface area contributed by atoms with Gasteiger partial charge in [-0.15, -0.1) is 0 Å². The molecular formula is C16H25NO. The Bertz CT molecular complexity index is 449. The lowest BCUT2D eigenvalue weighted by Crippen LogP contribution is -2.44. The Morgan fingerprint density at radius 2 is 1.94 bits per heavy atom. The Kier molecular flexibility index (Phi) is 3.41. The molecule has 0 unspecified atom stereocenters. The molecule has 0 aliphatic carbocycles. The second kappa shape index (κ2) is 4.58. The highest BCUT2D eigenvalue weighted by molar-refractivity contribution is 5.48. The standard InChI is InChI=1S/C16H25NO/c1-11(2)13-10-14-12(9-15(13)18-6)7-8-17(5)16(14,3)4/h9-11H,7-8H2,1-6H3. The number of hydrogen-bond acceptors (Lipinski definition) is 2. The van der Waals surface area contributed by atoms with E-state index in [9.17, 15) is 0 Å². The van der Waals surface area contributed by atoms with Crippen molar-refractivity contribution in [2.75, 3.05) is 20.7 Å². The Hall–Kier alpha value is -1.02. The Morgan fingerprint density at radius 3 is 2.50 bits per heavy atom. The van der Waals surface area contributed by atoms with Crippen LogP contribution in [0.4, 0.5) is 0 Å². The first kappa shape index (κ1) is 13.4. The molecule has 18 heavy (non-hydrogen) atoms. The van der Waals surface area contributed by atoms with Crippen LogP contribution in [-0.2, 0) is 12.0 Å². The molecule has 0 spiro atoms. The highest BCUT2D eigenvalue weighted by atomic mass is 16.5. The number of methoxy groups -OCH3 is 1. The first-order valence-corrected chi connectivity index (χ1v) is 6.80. The van der Waals surface area contributed by atoms with Gasteiger partial charge < -0.3 is 4.74 Å². The number of nitrogens with zero attached hydrogens (tertiary/aromatic N) is 1. The number of benzene rings is 1. The third-order valence-corrected chi connectivity index (χ3v) is 4.41. The quantitative estimate of drug-likeness (QED) is 0.792. The lowest BCUT2D eigenvalue weighted by Gasteiger charge is -2.42. The van der Waals surface area contributed by atoms with E-state index in [4.69, 9.17) is 4.74 Å². The van der Waals surface area contributed by atoms with Crippen LogP contribution >= 0.6 is 0 Å². The summed E-state index contributed by atoms with van der Waals surface area (Å²) in [5, 5.41) is 0. The molecule has 2 rings (SSSR count). The van der Waals surface area contributed by atoms with Crippen molar-refractivity contribution in [1.82, 2.24) is 4.90 Å². The van der Waals surface area contributed by atoms with Crippen LogP contribution in [0, 0.1) is 0 Å². The molecule has 1 aliphatic rings. The molecule has 0 N–H and O–H groups in total. The number of rotatable bonds is 2. The maximum absolute atomic E-state index is 5.55. The summed E-state index contributed by atoms with van der Waals surface area (Å²) in [5.41, 5.74) is 4.34. The van der Waals surface area contributed by atoms with Crippen LogP contribution in [-0.4, -0.2) is 25.6 Å². The summed E-state index contributed by atoms with van der Waals surface area (Å²) in [5.74, 6) is 1.54. The van der Waals surface area contributed by atoms with Gasteiger partial charge >= 0.3 is 0 Å². The predicted molar refractivity (Wildman–Crippen MR) is 76.4 cm³/mol. The maximum atomic E-state index is 5.55. The lowest BCUT2D eigenvalue weighted by atomic mass is 9.81. The first-order chi connectivity index (χ1) is 8.37. The second-order valence-corrected chi connectivity index (χ2v) is 6.14. The summed E-state index contributed by atoms with van der Waals surface area (Å²) < 4.78 is 5.55. The highest BCUT2D eigenvalue weighted by Crippen LogP contribution is 2.39. The molecule has 0 atom stereocenters. The van der Waals surface area contributed by atoms with Gasteiger partial charge in [-0.1, -0.05) is 13.8 Å². The summed E-state index contributed by atoms with van der Waals surface area (Å²) in [6.07, 6.45) is 1.12. The predicted octanol–water partition coefficient (Wildman–Crippen LogP) is 3.54. The fourth-order valence-corrected chi connectivity index (χ4v) is 2.82. The fraction of sp³-hybridized carbons (Fsp3) is 0.625. The topological polar surface area (TPSA) is 12.5 Å². The molecule has 0 saturated heterocycles. The first-order valence-electron chi connectivity index (χ1n) is 6.80. The van der Waals surface area contributed by atoms with E-state index in [-0.39, 0.29) is 5.54 Å². The summed E-state index contributed by atoms with van der Waals surface area (Å²) in [6.45, 7) is 10.2. The van der Waals surface area contributed by atoms with Crippen LogP contribution in [0.25, 0.3) is 0 Å². The van der Waals surface area contributed by atoms with Gasteiger partial charge in [0.05, 0.1) is 7.11 Å². The Balaban J connectivity index is 2.60. The van der Waals surface area contributed by atoms with Crippen molar-refractivity contribution in [2.24, 2.45) is 0 Å². The number of likely N-dealkylation sites (N-methyl/N-ethyl adjacent to an activating group) is 1. The van der Waals surface area contributed by atoms with E-state index < -0.39 is 0 Å². The zero-order valence-corrected chi connectivity index (χ0v) is 12.5. The van der Waals surface area contributed by atoms with E-state index in [2.05, 4.69) is 51.8 Å². The monoisotopic (exact) mass is 247 g/mol. The zero-order chi connectivity index (χ0) is 13.5. The van der Waals surface area contributed by atoms with Crippen LogP contribution in [0.5, 0.6) is 5.75 Å². The normalized spacial score (nSPS) is 18.8. The minimum absolute atomic E-state index is 0.115. The van der Waals surface area contributed by atoms with Gasteiger partial charge in [0.1, 0.15) is 5.75 Å². The second-order valence-electron chi connectivity index (χ2n) is 6.14. The molecule has 0 bridgehead atoms. The molecule has 2 nitrogen and oxygen atoms in total. The van der Waals surface area contributed by atoms with Crippen LogP contribution in [0.2, 0.25) is 0 Å². The molecule has 0 radical (unpaired) electrons. The third-order valence-electron chi connectivity index (χ3n) is 4.41. The van der Waals surface area contributed by atoms with Gasteiger partial charge in [-0.25, -0.2) is 0 Å². The van der Waals surface area contributed by atoms with Crippen molar-refractivity contribution in [3.8, 4) is 5.75 Å². The SMILES string of the molecule is COc1cc2c(cc1C(C)C)C(C)(C)N(C)CC2. The largest absolute Gasteiger partial charge is 0.496 e. The molecule has 1 aromatic carbocycles. The summed E-state index contributed by atoms with van der Waals surface area (Å²) in [4.78, 5) is 2.44. The summed E-state index contributed by atoms with van der Waals surface area (Å²) in [7, 11) is 3.98. The van der Waals surface area contributed by atoms with Gasteiger partial charge in [-0.3, -0.25) is 4.90 Å². The van der Waals surface area contributed by atoms with Crippen molar-refractivity contribution in [1.29, 1.82) is 0 Å². The molecule has 0 amide bonds. The lowest BCUT2D eigenvalue weighted by molar-refractivity contribution is 0.143. The number of ether oxygens (including phenoxy) is 1. The Morgan fingerprint density at radius 1 is 1.28 bits per heavy atom. The highest BCUT2D eigenvalue weighted by Gasteiger charge is 2.33. The van der Waals surface area contributed by atoms with Crippen molar-refractivity contribution >= 4 is 0 Å². The van der Waals surface area contributed by atoms with E-state index >= 15 is 0 Å². The maximum Gasteiger partial charge on any atom is 0.122 e. The van der Waals surface area contributed by atoms with Gasteiger partial charge in [0.2, 0.25) is 0 Å². The molecule has 0 saturated carbocycles. The molecule has 2 heteroatoms. The number of fused-ring (bicyclic) bond motifs is 1. The van der Waals surface area contributed by atoms with E-state index in [1.807, 2.05) is 0 Å². The summed E-state index contributed by atoms with van der Waals surface area (Å²) >= 11 is 0. The van der Waals surface area contributed by atoms with Gasteiger partial charge in [0.15, 0.2) is 0 Å². The smallest absolute Gasteiger partial charge is 0.122 e. The molecular weight excluding hydrogens is 222 g/mol. The van der Waals surface area contributed by atoms with E-state index in [0.29, 0.717) is 5.92 Å². The molecule has 100 valence electrons. The van der Waals surface area contributed by atoms with Gasteiger partial charge in [0.25, 0.3) is 0 Å². The zero-order valence-electron chi connectivity index (χ0n) is 12.5. The van der Waals surface area contributed by atoms with Gasteiger partial charge in [-0.05, 0) is 62.1 Å². The molecule has 1 aliphatic heterocycles. The van der Waals surface area contributed by atoms with Crippen LogP contribution < -0.4 is 4.74 Å². The van der Waals surface area contributed by atoms with Crippen LogP contribution in [0.1, 0.15) is 50.3 Å². The summed E-state index contributed by atoms with van der Waals surface area (Å²) in [6, 6.07) is 4.61. The fourth-order valence-electron chi connectivity index (χ4n) is 2.82. The molecule has 0 aromatic heterocycles. The minimum atomic E-state index is 0.115. The van der Waals surface area contributed by atoms with E-state index in [0.717, 1.165) is 18.7 Å². The van der Waals surface area contributed by atoms with Crippen molar-refractivity contribution < 1.29 is 4.74 Å². The van der Waals surface area contributed by atoms with Crippen LogP contribution in [0.15, 0.2) is 12.1 Å². The van der Waals surface area contributed by atoms with Crippen molar-refractivity contribution in [3.63, 3.8) is 0 Å². The third kappa shape index (κ3) is 2.03. The van der Waals surface area contributed by atoms with Gasteiger partial charge in [-0.2, -0.15) is 0 Å². The number of hydrogen-bond donors (Lipinski definition) is 0.